The van der Waals surface area contributed by atoms with Crippen LogP contribution < -0.4 is 15.8 Å². The van der Waals surface area contributed by atoms with Crippen molar-refractivity contribution in [2.45, 2.75) is 12.5 Å². The first-order chi connectivity index (χ1) is 13.4. The van der Waals surface area contributed by atoms with Gasteiger partial charge in [0.2, 0.25) is 5.95 Å². The Morgan fingerprint density at radius 1 is 1.39 bits per heavy atom. The highest BCUT2D eigenvalue weighted by Gasteiger charge is 2.27. The molecule has 150 valence electrons. The number of nitrogen functional groups attached to an aromatic ring is 1. The molecule has 0 unspecified atom stereocenters. The van der Waals surface area contributed by atoms with Crippen molar-refractivity contribution in [3.8, 4) is 5.75 Å². The van der Waals surface area contributed by atoms with Gasteiger partial charge >= 0.3 is 0 Å². The Balaban J connectivity index is 1.60. The number of hydrogen-bond acceptors (Lipinski definition) is 7. The van der Waals surface area contributed by atoms with Gasteiger partial charge in [0.1, 0.15) is 12.4 Å². The average molecular weight is 449 g/mol. The van der Waals surface area contributed by atoms with E-state index >= 15 is 0 Å². The topological polar surface area (TPSA) is 96.6 Å². The normalized spacial score (nSPS) is 16.4. The van der Waals surface area contributed by atoms with Crippen LogP contribution in [0.1, 0.15) is 16.8 Å². The van der Waals surface area contributed by atoms with Gasteiger partial charge in [-0.05, 0) is 54.6 Å². The molecule has 1 fully saturated rings. The number of likely N-dealkylation sites (tertiary alicyclic amines) is 1. The van der Waals surface area contributed by atoms with Crippen molar-refractivity contribution < 1.29 is 9.53 Å². The Kier molecular flexibility index (Phi) is 6.69. The summed E-state index contributed by atoms with van der Waals surface area (Å²) < 4.78 is 6.57. The Morgan fingerprint density at radius 3 is 2.86 bits per heavy atom. The maximum atomic E-state index is 12.9. The molecule has 0 aliphatic carbocycles. The van der Waals surface area contributed by atoms with Crippen LogP contribution in [0.4, 0.5) is 11.6 Å². The number of carbonyl (C=O) groups is 1. The van der Waals surface area contributed by atoms with E-state index in [1.807, 2.05) is 23.9 Å². The molecule has 2 aromatic rings. The van der Waals surface area contributed by atoms with Crippen LogP contribution in [0.3, 0.4) is 0 Å². The SMILES string of the molecule is CN(C)CCOc1cc(C(=O)N2CC[C@@H](Nc3ncc(Br)cn3)C2)ccc1N. The summed E-state index contributed by atoms with van der Waals surface area (Å²) in [5.41, 5.74) is 7.10. The summed E-state index contributed by atoms with van der Waals surface area (Å²) in [4.78, 5) is 25.2. The molecule has 28 heavy (non-hydrogen) atoms. The fraction of sp³-hybridized carbons (Fsp3) is 0.421. The minimum atomic E-state index is -0.0292. The van der Waals surface area contributed by atoms with E-state index in [-0.39, 0.29) is 11.9 Å². The Morgan fingerprint density at radius 2 is 2.14 bits per heavy atom. The summed E-state index contributed by atoms with van der Waals surface area (Å²) in [6.45, 7) is 2.56. The number of nitrogens with one attached hydrogen (secondary N) is 1. The lowest BCUT2D eigenvalue weighted by Gasteiger charge is -2.18. The predicted octanol–water partition coefficient (Wildman–Crippen LogP) is 2.09. The molecule has 3 rings (SSSR count). The number of carbonyl (C=O) groups excluding carboxylic acids is 1. The molecule has 1 aliphatic rings. The minimum absolute atomic E-state index is 0.0292. The number of halogens is 1. The number of anilines is 2. The second-order valence-corrected chi connectivity index (χ2v) is 7.93. The third-order valence-corrected chi connectivity index (χ3v) is 4.90. The van der Waals surface area contributed by atoms with E-state index in [4.69, 9.17) is 10.5 Å². The summed E-state index contributed by atoms with van der Waals surface area (Å²) in [5.74, 6) is 1.08. The lowest BCUT2D eigenvalue weighted by atomic mass is 10.1. The van der Waals surface area contributed by atoms with Crippen molar-refractivity contribution in [1.29, 1.82) is 0 Å². The van der Waals surface area contributed by atoms with Gasteiger partial charge in [0.25, 0.3) is 5.91 Å². The number of rotatable bonds is 7. The fourth-order valence-electron chi connectivity index (χ4n) is 2.95. The quantitative estimate of drug-likeness (QED) is 0.625. The van der Waals surface area contributed by atoms with Crippen LogP contribution in [-0.2, 0) is 0 Å². The molecular formula is C19H25BrN6O2. The number of nitrogens with two attached hydrogens (primary N) is 1. The van der Waals surface area contributed by atoms with E-state index in [9.17, 15) is 4.79 Å². The molecule has 0 spiro atoms. The van der Waals surface area contributed by atoms with Crippen LogP contribution in [0.25, 0.3) is 0 Å². The second kappa shape index (κ2) is 9.20. The number of nitrogens with zero attached hydrogens (tertiary/aromatic N) is 4. The van der Waals surface area contributed by atoms with E-state index in [1.54, 1.807) is 30.6 Å². The monoisotopic (exact) mass is 448 g/mol. The minimum Gasteiger partial charge on any atom is -0.490 e. The van der Waals surface area contributed by atoms with E-state index in [0.29, 0.717) is 42.6 Å². The lowest BCUT2D eigenvalue weighted by Crippen LogP contribution is -2.32. The zero-order chi connectivity index (χ0) is 20.1. The molecule has 0 radical (unpaired) electrons. The third kappa shape index (κ3) is 5.32. The summed E-state index contributed by atoms with van der Waals surface area (Å²) in [7, 11) is 3.95. The van der Waals surface area contributed by atoms with Crippen molar-refractivity contribution in [3.05, 3.63) is 40.6 Å². The number of aromatic nitrogens is 2. The van der Waals surface area contributed by atoms with Crippen molar-refractivity contribution >= 4 is 33.5 Å². The molecule has 1 aliphatic heterocycles. The molecule has 1 aromatic carbocycles. The zero-order valence-corrected chi connectivity index (χ0v) is 17.6. The Labute approximate surface area is 173 Å². The fourth-order valence-corrected chi connectivity index (χ4v) is 3.15. The largest absolute Gasteiger partial charge is 0.490 e. The Bertz CT molecular complexity index is 815. The van der Waals surface area contributed by atoms with Crippen LogP contribution in [0.2, 0.25) is 0 Å². The molecule has 8 nitrogen and oxygen atoms in total. The van der Waals surface area contributed by atoms with Crippen LogP contribution in [-0.4, -0.2) is 72.1 Å². The predicted molar refractivity (Wildman–Crippen MR) is 113 cm³/mol. The molecule has 1 atom stereocenters. The summed E-state index contributed by atoms with van der Waals surface area (Å²) in [6.07, 6.45) is 4.23. The number of ether oxygens (including phenoxy) is 1. The van der Waals surface area contributed by atoms with Gasteiger partial charge in [-0.2, -0.15) is 0 Å². The van der Waals surface area contributed by atoms with Gasteiger partial charge in [0.05, 0.1) is 10.2 Å². The van der Waals surface area contributed by atoms with Crippen LogP contribution >= 0.6 is 15.9 Å². The molecule has 9 heteroatoms. The molecule has 1 aromatic heterocycles. The maximum absolute atomic E-state index is 12.9. The number of hydrogen-bond donors (Lipinski definition) is 2. The molecule has 3 N–H and O–H groups in total. The number of benzene rings is 1. The van der Waals surface area contributed by atoms with Crippen molar-refractivity contribution in [2.75, 3.05) is 51.4 Å². The van der Waals surface area contributed by atoms with Gasteiger partial charge in [-0.3, -0.25) is 4.79 Å². The van der Waals surface area contributed by atoms with Crippen LogP contribution in [0, 0.1) is 0 Å². The van der Waals surface area contributed by atoms with Gasteiger partial charge < -0.3 is 25.6 Å². The van der Waals surface area contributed by atoms with Crippen molar-refractivity contribution in [3.63, 3.8) is 0 Å². The standard InChI is InChI=1S/C19H25BrN6O2/c1-25(2)7-8-28-17-9-13(3-4-16(17)21)18(27)26-6-5-15(12-26)24-19-22-10-14(20)11-23-19/h3-4,9-11,15H,5-8,12,21H2,1-2H3,(H,22,23,24)/t15-/m1/s1. The molecule has 2 heterocycles. The summed E-state index contributed by atoms with van der Waals surface area (Å²) in [6, 6.07) is 5.32. The highest BCUT2D eigenvalue weighted by atomic mass is 79.9. The highest BCUT2D eigenvalue weighted by Crippen LogP contribution is 2.25. The highest BCUT2D eigenvalue weighted by molar-refractivity contribution is 9.10. The Hall–Kier alpha value is -2.39. The van der Waals surface area contributed by atoms with Gasteiger partial charge in [0.15, 0.2) is 0 Å². The molecule has 0 bridgehead atoms. The molecular weight excluding hydrogens is 424 g/mol. The van der Waals surface area contributed by atoms with Gasteiger partial charge in [-0.15, -0.1) is 0 Å². The van der Waals surface area contributed by atoms with Gasteiger partial charge in [-0.1, -0.05) is 0 Å². The first kappa shape index (κ1) is 20.3. The number of amides is 1. The maximum Gasteiger partial charge on any atom is 0.254 e. The van der Waals surface area contributed by atoms with Crippen molar-refractivity contribution in [1.82, 2.24) is 19.8 Å². The van der Waals surface area contributed by atoms with Gasteiger partial charge in [-0.25, -0.2) is 9.97 Å². The second-order valence-electron chi connectivity index (χ2n) is 7.01. The summed E-state index contributed by atoms with van der Waals surface area (Å²) in [5, 5.41) is 3.28. The van der Waals surface area contributed by atoms with Crippen LogP contribution in [0.15, 0.2) is 35.1 Å². The number of likely N-dealkylation sites (N-methyl/N-ethyl adjacent to an activating group) is 1. The average Bonchev–Trinajstić information content (AvgIpc) is 3.13. The summed E-state index contributed by atoms with van der Waals surface area (Å²) >= 11 is 3.32. The lowest BCUT2D eigenvalue weighted by molar-refractivity contribution is 0.0791. The van der Waals surface area contributed by atoms with Gasteiger partial charge in [0, 0.05) is 43.6 Å². The zero-order valence-electron chi connectivity index (χ0n) is 16.1. The van der Waals surface area contributed by atoms with Crippen molar-refractivity contribution in [2.24, 2.45) is 0 Å². The molecule has 1 saturated heterocycles. The first-order valence-electron chi connectivity index (χ1n) is 9.13. The first-order valence-corrected chi connectivity index (χ1v) is 9.92. The van der Waals surface area contributed by atoms with E-state index in [1.165, 1.54) is 0 Å². The smallest absolute Gasteiger partial charge is 0.254 e. The molecule has 1 amide bonds. The van der Waals surface area contributed by atoms with E-state index < -0.39 is 0 Å². The third-order valence-electron chi connectivity index (χ3n) is 4.49. The molecule has 0 saturated carbocycles. The van der Waals surface area contributed by atoms with E-state index in [2.05, 4.69) is 31.2 Å². The van der Waals surface area contributed by atoms with E-state index in [0.717, 1.165) is 17.4 Å². The van der Waals surface area contributed by atoms with Crippen LogP contribution in [0.5, 0.6) is 5.75 Å².